The van der Waals surface area contributed by atoms with Gasteiger partial charge in [-0.05, 0) is 30.2 Å². The summed E-state index contributed by atoms with van der Waals surface area (Å²) < 4.78 is 0. The van der Waals surface area contributed by atoms with E-state index < -0.39 is 4.92 Å². The fourth-order valence-electron chi connectivity index (χ4n) is 3.02. The van der Waals surface area contributed by atoms with E-state index >= 15 is 0 Å². The van der Waals surface area contributed by atoms with Crippen molar-refractivity contribution in [1.29, 1.82) is 0 Å². The van der Waals surface area contributed by atoms with Crippen molar-refractivity contribution in [3.8, 4) is 0 Å². The highest BCUT2D eigenvalue weighted by Gasteiger charge is 2.36. The summed E-state index contributed by atoms with van der Waals surface area (Å²) in [6.45, 7) is 6.71. The zero-order valence-electron chi connectivity index (χ0n) is 11.4. The Labute approximate surface area is 118 Å². The Kier molecular flexibility index (Phi) is 3.72. The molecule has 2 unspecified atom stereocenters. The van der Waals surface area contributed by atoms with E-state index in [2.05, 4.69) is 26.1 Å². The molecule has 4 nitrogen and oxygen atoms in total. The summed E-state index contributed by atoms with van der Waals surface area (Å²) in [6, 6.07) is 4.83. The van der Waals surface area contributed by atoms with E-state index in [1.54, 1.807) is 6.07 Å². The fraction of sp³-hybridized carbons (Fsp3) is 0.571. The lowest BCUT2D eigenvalue weighted by Crippen LogP contribution is -2.22. The van der Waals surface area contributed by atoms with Crippen LogP contribution in [0.2, 0.25) is 5.02 Å². The van der Waals surface area contributed by atoms with Gasteiger partial charge in [-0.2, -0.15) is 0 Å². The minimum atomic E-state index is -0.399. The van der Waals surface area contributed by atoms with Crippen molar-refractivity contribution in [3.63, 3.8) is 0 Å². The quantitative estimate of drug-likeness (QED) is 0.657. The summed E-state index contributed by atoms with van der Waals surface area (Å²) in [5, 5.41) is 14.7. The summed E-state index contributed by atoms with van der Waals surface area (Å²) in [6.07, 6.45) is 2.20. The van der Waals surface area contributed by atoms with Gasteiger partial charge in [0.15, 0.2) is 0 Å². The third kappa shape index (κ3) is 3.18. The highest BCUT2D eigenvalue weighted by Crippen LogP contribution is 2.42. The van der Waals surface area contributed by atoms with Crippen LogP contribution in [-0.4, -0.2) is 11.0 Å². The van der Waals surface area contributed by atoms with Gasteiger partial charge in [0.1, 0.15) is 0 Å². The predicted octanol–water partition coefficient (Wildman–Crippen LogP) is 4.48. The lowest BCUT2D eigenvalue weighted by atomic mass is 9.91. The SMILES string of the molecule is CC1CC(C)(C)CC1Nc1cc([N+](=O)[O-])ccc1Cl. The topological polar surface area (TPSA) is 55.2 Å². The Morgan fingerprint density at radius 2 is 2.11 bits per heavy atom. The van der Waals surface area contributed by atoms with Crippen molar-refractivity contribution >= 4 is 23.0 Å². The molecular formula is C14H19ClN2O2. The first-order valence-corrected chi connectivity index (χ1v) is 6.87. The molecule has 19 heavy (non-hydrogen) atoms. The molecule has 2 atom stereocenters. The van der Waals surface area contributed by atoms with Crippen molar-refractivity contribution < 1.29 is 4.92 Å². The highest BCUT2D eigenvalue weighted by molar-refractivity contribution is 6.33. The van der Waals surface area contributed by atoms with Crippen LogP contribution in [0, 0.1) is 21.4 Å². The molecule has 0 aromatic heterocycles. The summed E-state index contributed by atoms with van der Waals surface area (Å²) in [5.74, 6) is 0.533. The average molecular weight is 283 g/mol. The van der Waals surface area contributed by atoms with Crippen LogP contribution in [0.4, 0.5) is 11.4 Å². The average Bonchev–Trinajstić information content (AvgIpc) is 2.54. The second-order valence-electron chi connectivity index (χ2n) is 6.22. The molecule has 1 fully saturated rings. The van der Waals surface area contributed by atoms with E-state index in [0.717, 1.165) is 12.8 Å². The number of halogens is 1. The molecule has 2 rings (SSSR count). The van der Waals surface area contributed by atoms with Gasteiger partial charge in [0.25, 0.3) is 5.69 Å². The number of nitro benzene ring substituents is 1. The molecule has 1 aromatic rings. The first-order chi connectivity index (χ1) is 8.78. The van der Waals surface area contributed by atoms with E-state index in [1.165, 1.54) is 12.1 Å². The third-order valence-corrected chi connectivity index (χ3v) is 4.17. The second kappa shape index (κ2) is 5.00. The molecule has 104 valence electrons. The van der Waals surface area contributed by atoms with Crippen molar-refractivity contribution in [2.24, 2.45) is 11.3 Å². The molecule has 5 heteroatoms. The normalized spacial score (nSPS) is 25.3. The predicted molar refractivity (Wildman–Crippen MR) is 77.7 cm³/mol. The monoisotopic (exact) mass is 282 g/mol. The molecule has 1 saturated carbocycles. The number of nitrogens with zero attached hydrogens (tertiary/aromatic N) is 1. The lowest BCUT2D eigenvalue weighted by molar-refractivity contribution is -0.384. The number of nitrogens with one attached hydrogen (secondary N) is 1. The zero-order chi connectivity index (χ0) is 14.2. The summed E-state index contributed by atoms with van der Waals surface area (Å²) in [4.78, 5) is 10.4. The molecular weight excluding hydrogens is 264 g/mol. The van der Waals surface area contributed by atoms with Gasteiger partial charge in [0.2, 0.25) is 0 Å². The first-order valence-electron chi connectivity index (χ1n) is 6.49. The summed E-state index contributed by atoms with van der Waals surface area (Å²) in [7, 11) is 0. The molecule has 0 saturated heterocycles. The number of hydrogen-bond donors (Lipinski definition) is 1. The van der Waals surface area contributed by atoms with Crippen LogP contribution in [0.3, 0.4) is 0 Å². The lowest BCUT2D eigenvalue weighted by Gasteiger charge is -2.20. The maximum Gasteiger partial charge on any atom is 0.271 e. The Morgan fingerprint density at radius 3 is 2.63 bits per heavy atom. The van der Waals surface area contributed by atoms with Gasteiger partial charge < -0.3 is 5.32 Å². The standard InChI is InChI=1S/C14H19ClN2O2/c1-9-7-14(2,3)8-13(9)16-12-6-10(17(18)19)4-5-11(12)15/h4-6,9,13,16H,7-8H2,1-3H3. The first kappa shape index (κ1) is 14.1. The van der Waals surface area contributed by atoms with Gasteiger partial charge in [-0.3, -0.25) is 10.1 Å². The van der Waals surface area contributed by atoms with Crippen LogP contribution in [-0.2, 0) is 0 Å². The van der Waals surface area contributed by atoms with E-state index in [4.69, 9.17) is 11.6 Å². The molecule has 1 aliphatic rings. The van der Waals surface area contributed by atoms with Gasteiger partial charge in [0, 0.05) is 18.2 Å². The van der Waals surface area contributed by atoms with Gasteiger partial charge in [-0.15, -0.1) is 0 Å². The van der Waals surface area contributed by atoms with Gasteiger partial charge in [-0.25, -0.2) is 0 Å². The number of benzene rings is 1. The maximum absolute atomic E-state index is 10.8. The van der Waals surface area contributed by atoms with Gasteiger partial charge in [0.05, 0.1) is 15.6 Å². The number of rotatable bonds is 3. The second-order valence-corrected chi connectivity index (χ2v) is 6.63. The largest absolute Gasteiger partial charge is 0.381 e. The number of anilines is 1. The molecule has 0 heterocycles. The van der Waals surface area contributed by atoms with Crippen LogP contribution in [0.15, 0.2) is 18.2 Å². The Morgan fingerprint density at radius 1 is 1.42 bits per heavy atom. The Balaban J connectivity index is 2.19. The minimum absolute atomic E-state index is 0.0665. The Hall–Kier alpha value is -1.29. The molecule has 0 radical (unpaired) electrons. The van der Waals surface area contributed by atoms with Crippen LogP contribution in [0.1, 0.15) is 33.6 Å². The van der Waals surface area contributed by atoms with E-state index in [9.17, 15) is 10.1 Å². The fourth-order valence-corrected chi connectivity index (χ4v) is 3.20. The smallest absolute Gasteiger partial charge is 0.271 e. The number of nitro groups is 1. The van der Waals surface area contributed by atoms with Crippen LogP contribution >= 0.6 is 11.6 Å². The molecule has 0 spiro atoms. The van der Waals surface area contributed by atoms with Crippen LogP contribution in [0.5, 0.6) is 0 Å². The molecule has 1 aromatic carbocycles. The van der Waals surface area contributed by atoms with Gasteiger partial charge in [-0.1, -0.05) is 32.4 Å². The minimum Gasteiger partial charge on any atom is -0.381 e. The molecule has 0 aliphatic heterocycles. The van der Waals surface area contributed by atoms with Crippen molar-refractivity contribution in [1.82, 2.24) is 0 Å². The zero-order valence-corrected chi connectivity index (χ0v) is 12.2. The molecule has 1 aliphatic carbocycles. The summed E-state index contributed by atoms with van der Waals surface area (Å²) in [5.41, 5.74) is 1.03. The van der Waals surface area contributed by atoms with Crippen LogP contribution < -0.4 is 5.32 Å². The molecule has 0 amide bonds. The molecule has 0 bridgehead atoms. The van der Waals surface area contributed by atoms with E-state index in [-0.39, 0.29) is 5.69 Å². The van der Waals surface area contributed by atoms with Crippen molar-refractivity contribution in [2.75, 3.05) is 5.32 Å². The van der Waals surface area contributed by atoms with E-state index in [1.807, 2.05) is 0 Å². The number of non-ortho nitro benzene ring substituents is 1. The molecule has 1 N–H and O–H groups in total. The third-order valence-electron chi connectivity index (χ3n) is 3.84. The van der Waals surface area contributed by atoms with E-state index in [0.29, 0.717) is 28.1 Å². The van der Waals surface area contributed by atoms with Gasteiger partial charge >= 0.3 is 0 Å². The summed E-state index contributed by atoms with van der Waals surface area (Å²) >= 11 is 6.11. The van der Waals surface area contributed by atoms with Crippen molar-refractivity contribution in [2.45, 2.75) is 39.7 Å². The maximum atomic E-state index is 10.8. The van der Waals surface area contributed by atoms with Crippen molar-refractivity contribution in [3.05, 3.63) is 33.3 Å². The highest BCUT2D eigenvalue weighted by atomic mass is 35.5. The number of hydrogen-bond acceptors (Lipinski definition) is 3. The Bertz CT molecular complexity index is 502. The van der Waals surface area contributed by atoms with Crippen LogP contribution in [0.25, 0.3) is 0 Å².